The lowest BCUT2D eigenvalue weighted by Crippen LogP contribution is -2.28. The van der Waals surface area contributed by atoms with Crippen LogP contribution in [0.4, 0.5) is 5.69 Å². The standard InChI is InChI=1S/C18H20N4O4S/c1-21(2)27(24,25)20-13-5-4-6-14(11-13)22-10-9-19-18(22)16-8-7-15(23)12-17(16)26-3/h4-12,20,23H,1-3H3. The SMILES string of the molecule is COc1cc(O)ccc1-c1nccn1-c1cccc(NS(=O)(=O)N(C)C)c1. The van der Waals surface area contributed by atoms with Gasteiger partial charge in [0, 0.05) is 38.2 Å². The molecule has 3 aromatic rings. The normalized spacial score (nSPS) is 11.6. The molecule has 0 aliphatic carbocycles. The number of nitrogens with zero attached hydrogens (tertiary/aromatic N) is 3. The molecule has 0 unspecified atom stereocenters. The minimum absolute atomic E-state index is 0.0915. The lowest BCUT2D eigenvalue weighted by molar-refractivity contribution is 0.409. The summed E-state index contributed by atoms with van der Waals surface area (Å²) in [5.74, 6) is 1.17. The van der Waals surface area contributed by atoms with Crippen LogP contribution in [0.1, 0.15) is 0 Å². The molecule has 1 aromatic heterocycles. The third kappa shape index (κ3) is 3.88. The second kappa shape index (κ2) is 7.29. The van der Waals surface area contributed by atoms with Gasteiger partial charge in [-0.1, -0.05) is 6.07 Å². The Kier molecular flexibility index (Phi) is 5.06. The van der Waals surface area contributed by atoms with Crippen molar-refractivity contribution in [3.8, 4) is 28.6 Å². The Labute approximate surface area is 157 Å². The zero-order valence-electron chi connectivity index (χ0n) is 15.1. The van der Waals surface area contributed by atoms with E-state index in [1.54, 1.807) is 42.7 Å². The van der Waals surface area contributed by atoms with E-state index in [4.69, 9.17) is 4.74 Å². The number of imidazole rings is 1. The van der Waals surface area contributed by atoms with Crippen LogP contribution in [-0.4, -0.2) is 48.6 Å². The maximum Gasteiger partial charge on any atom is 0.301 e. The summed E-state index contributed by atoms with van der Waals surface area (Å²) in [6.07, 6.45) is 3.40. The van der Waals surface area contributed by atoms with E-state index in [2.05, 4.69) is 9.71 Å². The molecule has 2 aromatic carbocycles. The van der Waals surface area contributed by atoms with Gasteiger partial charge >= 0.3 is 10.2 Å². The van der Waals surface area contributed by atoms with Crippen LogP contribution in [0.5, 0.6) is 11.5 Å². The predicted molar refractivity (Wildman–Crippen MR) is 103 cm³/mol. The highest BCUT2D eigenvalue weighted by molar-refractivity contribution is 7.90. The fourth-order valence-electron chi connectivity index (χ4n) is 2.54. The maximum absolute atomic E-state index is 12.1. The zero-order chi connectivity index (χ0) is 19.6. The first-order chi connectivity index (χ1) is 12.8. The molecule has 0 aliphatic rings. The van der Waals surface area contributed by atoms with Gasteiger partial charge in [-0.25, -0.2) is 4.98 Å². The highest BCUT2D eigenvalue weighted by Gasteiger charge is 2.16. The number of benzene rings is 2. The van der Waals surface area contributed by atoms with Gasteiger partial charge in [0.15, 0.2) is 0 Å². The molecule has 0 saturated heterocycles. The largest absolute Gasteiger partial charge is 0.508 e. The molecule has 27 heavy (non-hydrogen) atoms. The topological polar surface area (TPSA) is 96.7 Å². The van der Waals surface area contributed by atoms with Gasteiger partial charge in [0.25, 0.3) is 0 Å². The second-order valence-electron chi connectivity index (χ2n) is 5.95. The molecule has 0 spiro atoms. The fourth-order valence-corrected chi connectivity index (χ4v) is 3.14. The van der Waals surface area contributed by atoms with Crippen molar-refractivity contribution < 1.29 is 18.3 Å². The molecule has 1 heterocycles. The average molecular weight is 388 g/mol. The molecule has 0 radical (unpaired) electrons. The van der Waals surface area contributed by atoms with Gasteiger partial charge in [-0.2, -0.15) is 12.7 Å². The predicted octanol–water partition coefficient (Wildman–Crippen LogP) is 2.47. The van der Waals surface area contributed by atoms with E-state index in [0.717, 1.165) is 9.99 Å². The summed E-state index contributed by atoms with van der Waals surface area (Å²) in [7, 11) is 0.823. The summed E-state index contributed by atoms with van der Waals surface area (Å²) in [4.78, 5) is 4.39. The fraction of sp³-hybridized carbons (Fsp3) is 0.167. The lowest BCUT2D eigenvalue weighted by atomic mass is 10.1. The van der Waals surface area contributed by atoms with Crippen molar-refractivity contribution in [2.75, 3.05) is 25.9 Å². The molecule has 0 amide bonds. The van der Waals surface area contributed by atoms with Crippen LogP contribution in [0.25, 0.3) is 17.1 Å². The van der Waals surface area contributed by atoms with Gasteiger partial charge in [0.2, 0.25) is 0 Å². The molecule has 0 bridgehead atoms. The molecule has 0 aliphatic heterocycles. The van der Waals surface area contributed by atoms with E-state index in [9.17, 15) is 13.5 Å². The molecule has 142 valence electrons. The number of ether oxygens (including phenoxy) is 1. The smallest absolute Gasteiger partial charge is 0.301 e. The van der Waals surface area contributed by atoms with E-state index in [1.165, 1.54) is 27.3 Å². The summed E-state index contributed by atoms with van der Waals surface area (Å²) < 4.78 is 34.9. The quantitative estimate of drug-likeness (QED) is 0.676. The number of methoxy groups -OCH3 is 1. The van der Waals surface area contributed by atoms with Crippen molar-refractivity contribution in [3.05, 3.63) is 54.9 Å². The first-order valence-electron chi connectivity index (χ1n) is 8.03. The molecule has 8 nitrogen and oxygen atoms in total. The summed E-state index contributed by atoms with van der Waals surface area (Å²) in [6.45, 7) is 0. The highest BCUT2D eigenvalue weighted by Crippen LogP contribution is 2.33. The number of aromatic hydroxyl groups is 1. The Morgan fingerprint density at radius 1 is 1.19 bits per heavy atom. The van der Waals surface area contributed by atoms with Crippen LogP contribution in [0, 0.1) is 0 Å². The Hall–Kier alpha value is -3.04. The first kappa shape index (κ1) is 18.7. The van der Waals surface area contributed by atoms with Crippen LogP contribution < -0.4 is 9.46 Å². The molecule has 0 fully saturated rings. The van der Waals surface area contributed by atoms with Crippen molar-refractivity contribution >= 4 is 15.9 Å². The summed E-state index contributed by atoms with van der Waals surface area (Å²) in [5, 5.41) is 9.67. The molecular formula is C18H20N4O4S. The molecule has 0 saturated carbocycles. The van der Waals surface area contributed by atoms with Gasteiger partial charge in [0.1, 0.15) is 17.3 Å². The minimum atomic E-state index is -3.60. The number of hydrogen-bond acceptors (Lipinski definition) is 5. The van der Waals surface area contributed by atoms with E-state index in [1.807, 2.05) is 10.6 Å². The molecule has 3 rings (SSSR count). The summed E-state index contributed by atoms with van der Waals surface area (Å²) >= 11 is 0. The lowest BCUT2D eigenvalue weighted by Gasteiger charge is -2.15. The number of hydrogen-bond donors (Lipinski definition) is 2. The summed E-state index contributed by atoms with van der Waals surface area (Å²) in [5.41, 5.74) is 1.84. The number of rotatable bonds is 6. The maximum atomic E-state index is 12.1. The van der Waals surface area contributed by atoms with Crippen molar-refractivity contribution in [2.24, 2.45) is 0 Å². The number of phenolic OH excluding ortho intramolecular Hbond substituents is 1. The monoisotopic (exact) mass is 388 g/mol. The van der Waals surface area contributed by atoms with Crippen LogP contribution in [0.2, 0.25) is 0 Å². The summed E-state index contributed by atoms with van der Waals surface area (Å²) in [6, 6.07) is 11.7. The van der Waals surface area contributed by atoms with E-state index < -0.39 is 10.2 Å². The number of anilines is 1. The highest BCUT2D eigenvalue weighted by atomic mass is 32.2. The molecule has 0 atom stereocenters. The Morgan fingerprint density at radius 2 is 1.96 bits per heavy atom. The number of nitrogens with one attached hydrogen (secondary N) is 1. The Balaban J connectivity index is 2.03. The number of aromatic nitrogens is 2. The Morgan fingerprint density at radius 3 is 2.67 bits per heavy atom. The van der Waals surface area contributed by atoms with Gasteiger partial charge < -0.3 is 9.84 Å². The minimum Gasteiger partial charge on any atom is -0.508 e. The molecule has 2 N–H and O–H groups in total. The van der Waals surface area contributed by atoms with Crippen LogP contribution >= 0.6 is 0 Å². The first-order valence-corrected chi connectivity index (χ1v) is 9.47. The van der Waals surface area contributed by atoms with Gasteiger partial charge in [-0.05, 0) is 30.3 Å². The third-order valence-electron chi connectivity index (χ3n) is 3.92. The molecular weight excluding hydrogens is 368 g/mol. The zero-order valence-corrected chi connectivity index (χ0v) is 15.9. The molecule has 9 heteroatoms. The van der Waals surface area contributed by atoms with E-state index in [0.29, 0.717) is 22.8 Å². The van der Waals surface area contributed by atoms with Crippen LogP contribution in [0.15, 0.2) is 54.9 Å². The van der Waals surface area contributed by atoms with Crippen LogP contribution in [0.3, 0.4) is 0 Å². The van der Waals surface area contributed by atoms with Crippen LogP contribution in [-0.2, 0) is 10.2 Å². The van der Waals surface area contributed by atoms with Gasteiger partial charge in [-0.3, -0.25) is 9.29 Å². The Bertz CT molecular complexity index is 1060. The van der Waals surface area contributed by atoms with E-state index in [-0.39, 0.29) is 5.75 Å². The van der Waals surface area contributed by atoms with Crippen molar-refractivity contribution in [1.29, 1.82) is 0 Å². The average Bonchev–Trinajstić information content (AvgIpc) is 3.10. The van der Waals surface area contributed by atoms with Crippen molar-refractivity contribution in [1.82, 2.24) is 13.9 Å². The van der Waals surface area contributed by atoms with Gasteiger partial charge in [-0.15, -0.1) is 0 Å². The third-order valence-corrected chi connectivity index (χ3v) is 5.37. The van der Waals surface area contributed by atoms with Crippen molar-refractivity contribution in [2.45, 2.75) is 0 Å². The van der Waals surface area contributed by atoms with Crippen molar-refractivity contribution in [3.63, 3.8) is 0 Å². The van der Waals surface area contributed by atoms with Gasteiger partial charge in [0.05, 0.1) is 18.4 Å². The second-order valence-corrected chi connectivity index (χ2v) is 7.83. The number of phenols is 1. The van der Waals surface area contributed by atoms with E-state index >= 15 is 0 Å².